The predicted octanol–water partition coefficient (Wildman–Crippen LogP) is 5.06. The number of nitrogens with zero attached hydrogens (tertiary/aromatic N) is 2. The molecule has 3 heteroatoms. The van der Waals surface area contributed by atoms with Gasteiger partial charge in [-0.2, -0.15) is 0 Å². The number of fused-ring (bicyclic) bond motifs is 1. The Hall–Kier alpha value is -0.900. The van der Waals surface area contributed by atoms with E-state index < -0.39 is 0 Å². The van der Waals surface area contributed by atoms with Gasteiger partial charge < -0.3 is 5.32 Å². The van der Waals surface area contributed by atoms with Gasteiger partial charge in [0.25, 0.3) is 0 Å². The fourth-order valence-electron chi connectivity index (χ4n) is 5.23. The lowest BCUT2D eigenvalue weighted by Gasteiger charge is -2.44. The van der Waals surface area contributed by atoms with Gasteiger partial charge in [-0.05, 0) is 91.4 Å². The SMILES string of the molecule is CC(C)(C)N1CCCCC1.CC(C)(C)N1CCNC(C2CCc3ccccc32)C1. The molecule has 2 heterocycles. The maximum atomic E-state index is 3.76. The summed E-state index contributed by atoms with van der Waals surface area (Å²) in [6.45, 7) is 20.0. The Kier molecular flexibility index (Phi) is 7.46. The highest BCUT2D eigenvalue weighted by Gasteiger charge is 2.35. The Morgan fingerprint density at radius 1 is 0.828 bits per heavy atom. The van der Waals surface area contributed by atoms with Gasteiger partial charge in [-0.3, -0.25) is 9.80 Å². The Balaban J connectivity index is 0.000000204. The van der Waals surface area contributed by atoms with Crippen LogP contribution in [0.4, 0.5) is 0 Å². The highest BCUT2D eigenvalue weighted by molar-refractivity contribution is 5.36. The molecule has 2 unspecified atom stereocenters. The van der Waals surface area contributed by atoms with E-state index in [9.17, 15) is 0 Å². The van der Waals surface area contributed by atoms with E-state index in [1.165, 1.54) is 58.3 Å². The van der Waals surface area contributed by atoms with Gasteiger partial charge in [0, 0.05) is 42.7 Å². The summed E-state index contributed by atoms with van der Waals surface area (Å²) in [5.41, 5.74) is 3.86. The topological polar surface area (TPSA) is 18.5 Å². The second kappa shape index (κ2) is 9.49. The van der Waals surface area contributed by atoms with Crippen LogP contribution in [0.1, 0.15) is 84.3 Å². The lowest BCUT2D eigenvalue weighted by molar-refractivity contribution is 0.0885. The van der Waals surface area contributed by atoms with Crippen molar-refractivity contribution >= 4 is 0 Å². The van der Waals surface area contributed by atoms with Crippen molar-refractivity contribution in [1.82, 2.24) is 15.1 Å². The summed E-state index contributed by atoms with van der Waals surface area (Å²) in [5, 5.41) is 3.76. The van der Waals surface area contributed by atoms with E-state index >= 15 is 0 Å². The standard InChI is InChI=1S/C17H26N2.C9H19N/c1-17(2,3)19-11-10-18-16(12-19)15-9-8-13-6-4-5-7-14(13)15;1-9(2,3)10-7-5-4-6-8-10/h4-7,15-16,18H,8-12H2,1-3H3;4-8H2,1-3H3. The van der Waals surface area contributed by atoms with Gasteiger partial charge in [0.2, 0.25) is 0 Å². The third-order valence-corrected chi connectivity index (χ3v) is 7.12. The van der Waals surface area contributed by atoms with Crippen molar-refractivity contribution in [1.29, 1.82) is 0 Å². The maximum Gasteiger partial charge on any atom is 0.0264 e. The lowest BCUT2D eigenvalue weighted by Crippen LogP contribution is -2.58. The molecule has 0 radical (unpaired) electrons. The van der Waals surface area contributed by atoms with Gasteiger partial charge in [0.05, 0.1) is 0 Å². The molecule has 0 bridgehead atoms. The highest BCUT2D eigenvalue weighted by atomic mass is 15.2. The van der Waals surface area contributed by atoms with Gasteiger partial charge in [-0.15, -0.1) is 0 Å². The van der Waals surface area contributed by atoms with Crippen molar-refractivity contribution < 1.29 is 0 Å². The summed E-state index contributed by atoms with van der Waals surface area (Å²) in [4.78, 5) is 5.21. The van der Waals surface area contributed by atoms with E-state index in [-0.39, 0.29) is 0 Å². The van der Waals surface area contributed by atoms with Crippen LogP contribution in [0.5, 0.6) is 0 Å². The van der Waals surface area contributed by atoms with E-state index in [4.69, 9.17) is 0 Å². The minimum absolute atomic E-state index is 0.290. The number of nitrogens with one attached hydrogen (secondary N) is 1. The van der Waals surface area contributed by atoms with Crippen LogP contribution in [0.15, 0.2) is 24.3 Å². The van der Waals surface area contributed by atoms with Crippen LogP contribution < -0.4 is 5.32 Å². The summed E-state index contributed by atoms with van der Waals surface area (Å²) < 4.78 is 0. The second-order valence-electron chi connectivity index (χ2n) is 11.2. The molecule has 2 atom stereocenters. The van der Waals surface area contributed by atoms with Crippen molar-refractivity contribution in [3.63, 3.8) is 0 Å². The van der Waals surface area contributed by atoms with Crippen LogP contribution in [-0.2, 0) is 6.42 Å². The molecule has 4 rings (SSSR count). The quantitative estimate of drug-likeness (QED) is 0.712. The summed E-state index contributed by atoms with van der Waals surface area (Å²) in [7, 11) is 0. The molecule has 164 valence electrons. The molecule has 0 saturated carbocycles. The smallest absolute Gasteiger partial charge is 0.0264 e. The van der Waals surface area contributed by atoms with Crippen LogP contribution in [0, 0.1) is 0 Å². The number of likely N-dealkylation sites (tertiary alicyclic amines) is 1. The summed E-state index contributed by atoms with van der Waals surface area (Å²) >= 11 is 0. The molecular weight excluding hydrogens is 354 g/mol. The molecule has 1 aromatic carbocycles. The summed E-state index contributed by atoms with van der Waals surface area (Å²) in [6, 6.07) is 9.64. The molecule has 2 saturated heterocycles. The molecule has 3 nitrogen and oxygen atoms in total. The van der Waals surface area contributed by atoms with Crippen molar-refractivity contribution in [2.75, 3.05) is 32.7 Å². The number of rotatable bonds is 1. The van der Waals surface area contributed by atoms with E-state index in [1.54, 1.807) is 11.1 Å². The van der Waals surface area contributed by atoms with Crippen molar-refractivity contribution in [3.8, 4) is 0 Å². The molecule has 2 fully saturated rings. The monoisotopic (exact) mass is 399 g/mol. The molecule has 1 aliphatic carbocycles. The number of piperazine rings is 1. The zero-order valence-corrected chi connectivity index (χ0v) is 19.9. The van der Waals surface area contributed by atoms with E-state index in [1.807, 2.05) is 0 Å². The number of hydrogen-bond acceptors (Lipinski definition) is 3. The van der Waals surface area contributed by atoms with Crippen molar-refractivity contribution in [2.45, 2.75) is 96.7 Å². The third kappa shape index (κ3) is 6.06. The number of aryl methyl sites for hydroxylation is 1. The largest absolute Gasteiger partial charge is 0.311 e. The molecule has 0 spiro atoms. The summed E-state index contributed by atoms with van der Waals surface area (Å²) in [6.07, 6.45) is 6.81. The molecule has 1 N–H and O–H groups in total. The molecule has 2 aliphatic heterocycles. The number of hydrogen-bond donors (Lipinski definition) is 1. The molecular formula is C26H45N3. The first kappa shape index (κ1) is 22.8. The maximum absolute atomic E-state index is 3.76. The lowest BCUT2D eigenvalue weighted by atomic mass is 9.90. The Bertz CT molecular complexity index is 634. The molecule has 0 amide bonds. The van der Waals surface area contributed by atoms with Crippen LogP contribution >= 0.6 is 0 Å². The first-order valence-corrected chi connectivity index (χ1v) is 12.0. The fraction of sp³-hybridized carbons (Fsp3) is 0.769. The highest BCUT2D eigenvalue weighted by Crippen LogP contribution is 2.36. The Morgan fingerprint density at radius 2 is 1.48 bits per heavy atom. The molecule has 0 aromatic heterocycles. The summed E-state index contributed by atoms with van der Waals surface area (Å²) in [5.74, 6) is 0.710. The first-order valence-electron chi connectivity index (χ1n) is 12.0. The van der Waals surface area contributed by atoms with Crippen LogP contribution in [0.25, 0.3) is 0 Å². The van der Waals surface area contributed by atoms with Gasteiger partial charge in [0.1, 0.15) is 0 Å². The van der Waals surface area contributed by atoms with Crippen LogP contribution in [0.2, 0.25) is 0 Å². The predicted molar refractivity (Wildman–Crippen MR) is 126 cm³/mol. The van der Waals surface area contributed by atoms with Gasteiger partial charge in [0.15, 0.2) is 0 Å². The van der Waals surface area contributed by atoms with Crippen molar-refractivity contribution in [3.05, 3.63) is 35.4 Å². The Morgan fingerprint density at radius 3 is 2.10 bits per heavy atom. The van der Waals surface area contributed by atoms with E-state index in [0.29, 0.717) is 23.0 Å². The van der Waals surface area contributed by atoms with Gasteiger partial charge in [-0.1, -0.05) is 30.7 Å². The number of benzene rings is 1. The van der Waals surface area contributed by atoms with E-state index in [2.05, 4.69) is 80.9 Å². The minimum atomic E-state index is 0.290. The average molecular weight is 400 g/mol. The fourth-order valence-corrected chi connectivity index (χ4v) is 5.23. The Labute approximate surface area is 180 Å². The molecule has 29 heavy (non-hydrogen) atoms. The van der Waals surface area contributed by atoms with E-state index in [0.717, 1.165) is 6.54 Å². The first-order chi connectivity index (χ1) is 13.7. The van der Waals surface area contributed by atoms with Crippen LogP contribution in [0.3, 0.4) is 0 Å². The normalized spacial score (nSPS) is 26.6. The third-order valence-electron chi connectivity index (χ3n) is 7.12. The zero-order chi connectivity index (χ0) is 21.1. The number of piperidine rings is 1. The minimum Gasteiger partial charge on any atom is -0.311 e. The van der Waals surface area contributed by atoms with Gasteiger partial charge >= 0.3 is 0 Å². The second-order valence-corrected chi connectivity index (χ2v) is 11.2. The molecule has 3 aliphatic rings. The van der Waals surface area contributed by atoms with Crippen molar-refractivity contribution in [2.24, 2.45) is 0 Å². The molecule has 1 aromatic rings. The van der Waals surface area contributed by atoms with Crippen LogP contribution in [-0.4, -0.2) is 59.6 Å². The average Bonchev–Trinajstić information content (AvgIpc) is 3.12. The van der Waals surface area contributed by atoms with Gasteiger partial charge in [-0.25, -0.2) is 0 Å². The zero-order valence-electron chi connectivity index (χ0n) is 19.9.